The van der Waals surface area contributed by atoms with Gasteiger partial charge in [-0.05, 0) is 35.3 Å². The topological polar surface area (TPSA) is 132 Å². The first kappa shape index (κ1) is 27.8. The number of hydrogen-bond acceptors (Lipinski definition) is 8. The summed E-state index contributed by atoms with van der Waals surface area (Å²) < 4.78 is 52.2. The quantitative estimate of drug-likeness (QED) is 0.393. The zero-order chi connectivity index (χ0) is 27.5. The lowest BCUT2D eigenvalue weighted by Crippen LogP contribution is -2.44. The number of aromatic nitrogens is 2. The Morgan fingerprint density at radius 1 is 1.08 bits per heavy atom. The van der Waals surface area contributed by atoms with Crippen molar-refractivity contribution < 1.29 is 37.3 Å². The van der Waals surface area contributed by atoms with Crippen molar-refractivity contribution in [1.29, 1.82) is 0 Å². The molecular formula is C24H31F2N2O8P. The summed E-state index contributed by atoms with van der Waals surface area (Å²) in [6.07, 6.45) is -1.64. The minimum atomic E-state index is -2.91. The number of hydrogen-bond donors (Lipinski definition) is 3. The maximum absolute atomic E-state index is 15.4. The summed E-state index contributed by atoms with van der Waals surface area (Å²) in [4.78, 5) is 25.1. The second kappa shape index (κ2) is 9.52. The number of ether oxygens (including phenoxy) is 1. The highest BCUT2D eigenvalue weighted by atomic mass is 31.2. The highest BCUT2D eigenvalue weighted by Crippen LogP contribution is 2.54. The number of H-pyrrole nitrogens is 1. The van der Waals surface area contributed by atoms with Crippen molar-refractivity contribution >= 4 is 8.60 Å². The van der Waals surface area contributed by atoms with E-state index in [1.54, 1.807) is 6.07 Å². The van der Waals surface area contributed by atoms with E-state index in [1.807, 2.05) is 46.5 Å². The standard InChI is InChI=1S/C24H31F2N2O8P/c1-22(2,3)13-9-14(23(4,5)6)19-12(18(13)26)11-33-37(35-19)36-24(31,32)16-7-8-17(34-16)28-10-15(25)20(29)27-21(28)30/h9-10,16-17,31-32H,7-8,11H2,1-6H3,(H,27,29,30). The van der Waals surface area contributed by atoms with E-state index in [9.17, 15) is 24.2 Å². The Morgan fingerprint density at radius 2 is 1.73 bits per heavy atom. The van der Waals surface area contributed by atoms with Crippen molar-refractivity contribution in [1.82, 2.24) is 9.55 Å². The fraction of sp³-hybridized carbons (Fsp3) is 0.583. The molecule has 0 spiro atoms. The Kier molecular flexibility index (Phi) is 7.15. The molecular weight excluding hydrogens is 513 g/mol. The first-order valence-electron chi connectivity index (χ1n) is 11.8. The number of nitrogens with one attached hydrogen (secondary N) is 1. The van der Waals surface area contributed by atoms with E-state index in [1.165, 1.54) is 0 Å². The molecule has 4 rings (SSSR count). The summed E-state index contributed by atoms with van der Waals surface area (Å²) in [7, 11) is -2.38. The summed E-state index contributed by atoms with van der Waals surface area (Å²) in [6.45, 7) is 11.3. The monoisotopic (exact) mass is 544 g/mol. The fourth-order valence-electron chi connectivity index (χ4n) is 4.24. The van der Waals surface area contributed by atoms with Gasteiger partial charge >= 0.3 is 20.3 Å². The van der Waals surface area contributed by atoms with E-state index in [0.29, 0.717) is 17.3 Å². The largest absolute Gasteiger partial charge is 0.426 e. The number of aliphatic hydroxyl groups is 2. The van der Waals surface area contributed by atoms with Crippen LogP contribution in [0.2, 0.25) is 0 Å². The Hall–Kier alpha value is -2.21. The van der Waals surface area contributed by atoms with Crippen molar-refractivity contribution in [2.24, 2.45) is 0 Å². The molecule has 0 bridgehead atoms. The molecule has 13 heteroatoms. The van der Waals surface area contributed by atoms with Gasteiger partial charge in [0.15, 0.2) is 0 Å². The van der Waals surface area contributed by atoms with Gasteiger partial charge in [0, 0.05) is 5.56 Å². The minimum absolute atomic E-state index is 0.0153. The molecule has 0 aliphatic carbocycles. The molecule has 2 aliphatic heterocycles. The van der Waals surface area contributed by atoms with E-state index in [0.717, 1.165) is 4.57 Å². The summed E-state index contributed by atoms with van der Waals surface area (Å²) in [6, 6.07) is 1.75. The first-order chi connectivity index (χ1) is 17.0. The third kappa shape index (κ3) is 5.50. The van der Waals surface area contributed by atoms with Gasteiger partial charge < -0.3 is 19.5 Å². The summed E-state index contributed by atoms with van der Waals surface area (Å²) >= 11 is 0. The number of nitrogens with zero attached hydrogens (tertiary/aromatic N) is 1. The molecule has 3 atom stereocenters. The summed E-state index contributed by atoms with van der Waals surface area (Å²) in [5.74, 6) is -4.32. The van der Waals surface area contributed by atoms with Crippen molar-refractivity contribution in [3.05, 3.63) is 61.4 Å². The van der Waals surface area contributed by atoms with Crippen molar-refractivity contribution in [2.45, 2.75) is 90.1 Å². The summed E-state index contributed by atoms with van der Waals surface area (Å²) in [5, 5.41) is 21.3. The van der Waals surface area contributed by atoms with E-state index < -0.39 is 60.6 Å². The van der Waals surface area contributed by atoms with Crippen LogP contribution in [0, 0.1) is 11.6 Å². The van der Waals surface area contributed by atoms with E-state index in [4.69, 9.17) is 18.3 Å². The average Bonchev–Trinajstić information content (AvgIpc) is 3.25. The lowest BCUT2D eigenvalue weighted by molar-refractivity contribution is -0.346. The molecule has 1 aromatic carbocycles. The van der Waals surface area contributed by atoms with Crippen LogP contribution in [0.15, 0.2) is 21.9 Å². The van der Waals surface area contributed by atoms with Crippen LogP contribution in [0.5, 0.6) is 5.75 Å². The average molecular weight is 544 g/mol. The molecule has 3 heterocycles. The molecule has 2 aromatic rings. The smallest absolute Gasteiger partial charge is 0.402 e. The lowest BCUT2D eigenvalue weighted by Gasteiger charge is -2.35. The first-order valence-corrected chi connectivity index (χ1v) is 12.9. The third-order valence-electron chi connectivity index (χ3n) is 6.27. The number of rotatable bonds is 4. The van der Waals surface area contributed by atoms with Gasteiger partial charge in [-0.1, -0.05) is 41.5 Å². The van der Waals surface area contributed by atoms with Gasteiger partial charge in [-0.15, -0.1) is 0 Å². The van der Waals surface area contributed by atoms with Crippen molar-refractivity contribution in [3.8, 4) is 5.75 Å². The number of halogens is 2. The van der Waals surface area contributed by atoms with Crippen LogP contribution in [0.4, 0.5) is 8.78 Å². The Bertz CT molecular complexity index is 1310. The molecule has 1 fully saturated rings. The van der Waals surface area contributed by atoms with Gasteiger partial charge in [0.05, 0.1) is 18.4 Å². The van der Waals surface area contributed by atoms with Crippen LogP contribution in [0.25, 0.3) is 0 Å². The summed E-state index contributed by atoms with van der Waals surface area (Å²) in [5.41, 5.74) is -1.56. The van der Waals surface area contributed by atoms with Crippen LogP contribution in [-0.4, -0.2) is 31.8 Å². The van der Waals surface area contributed by atoms with Crippen LogP contribution in [0.3, 0.4) is 0 Å². The Morgan fingerprint density at radius 3 is 2.35 bits per heavy atom. The zero-order valence-electron chi connectivity index (χ0n) is 21.4. The fourth-order valence-corrected chi connectivity index (χ4v) is 5.31. The molecule has 0 radical (unpaired) electrons. The highest BCUT2D eigenvalue weighted by molar-refractivity contribution is 7.42. The predicted octanol–water partition coefficient (Wildman–Crippen LogP) is 3.58. The van der Waals surface area contributed by atoms with Gasteiger partial charge in [-0.25, -0.2) is 13.7 Å². The maximum Gasteiger partial charge on any atom is 0.402 e. The van der Waals surface area contributed by atoms with Crippen LogP contribution < -0.4 is 15.8 Å². The van der Waals surface area contributed by atoms with E-state index in [-0.39, 0.29) is 30.8 Å². The zero-order valence-corrected chi connectivity index (χ0v) is 22.3. The molecule has 37 heavy (non-hydrogen) atoms. The van der Waals surface area contributed by atoms with E-state index >= 15 is 4.39 Å². The van der Waals surface area contributed by atoms with Crippen LogP contribution in [-0.2, 0) is 31.2 Å². The number of benzene rings is 1. The van der Waals surface area contributed by atoms with E-state index in [2.05, 4.69) is 0 Å². The van der Waals surface area contributed by atoms with Crippen molar-refractivity contribution in [2.75, 3.05) is 0 Å². The van der Waals surface area contributed by atoms with Crippen LogP contribution in [0.1, 0.15) is 77.3 Å². The van der Waals surface area contributed by atoms with Gasteiger partial charge in [0.2, 0.25) is 5.82 Å². The van der Waals surface area contributed by atoms with Gasteiger partial charge in [-0.2, -0.15) is 4.39 Å². The second-order valence-corrected chi connectivity index (χ2v) is 12.3. The molecule has 3 N–H and O–H groups in total. The van der Waals surface area contributed by atoms with Gasteiger partial charge in [0.25, 0.3) is 5.56 Å². The molecule has 1 aromatic heterocycles. The molecule has 2 aliphatic rings. The van der Waals surface area contributed by atoms with Gasteiger partial charge in [0.1, 0.15) is 23.9 Å². The third-order valence-corrected chi connectivity index (χ3v) is 7.35. The highest BCUT2D eigenvalue weighted by Gasteiger charge is 2.48. The van der Waals surface area contributed by atoms with Crippen LogP contribution >= 0.6 is 8.60 Å². The number of fused-ring (bicyclic) bond motifs is 1. The van der Waals surface area contributed by atoms with Crippen molar-refractivity contribution in [3.63, 3.8) is 0 Å². The normalized spacial score (nSPS) is 22.6. The number of aromatic amines is 1. The molecule has 0 amide bonds. The lowest BCUT2D eigenvalue weighted by atomic mass is 9.78. The van der Waals surface area contributed by atoms with Gasteiger partial charge in [-0.3, -0.25) is 18.9 Å². The molecule has 204 valence electrons. The predicted molar refractivity (Wildman–Crippen MR) is 129 cm³/mol. The SMILES string of the molecule is CC(C)(C)c1cc(C(C)(C)C)c2c(c1F)COP(OC(O)(O)C1CCC(n3cc(F)c(=O)[nH]c3=O)O1)O2. The molecule has 1 saturated heterocycles. The molecule has 3 unspecified atom stereocenters. The second-order valence-electron chi connectivity index (χ2n) is 11.2. The Balaban J connectivity index is 1.55. The maximum atomic E-state index is 15.4. The Labute approximate surface area is 213 Å². The minimum Gasteiger partial charge on any atom is -0.426 e. The molecule has 10 nitrogen and oxygen atoms in total. The molecule has 0 saturated carbocycles.